The number of nitrogens with zero attached hydrogens (tertiary/aromatic N) is 1. The molecule has 1 fully saturated rings. The van der Waals surface area contributed by atoms with Crippen molar-refractivity contribution < 1.29 is 4.39 Å². The molecule has 0 amide bonds. The minimum absolute atomic E-state index is 0.121. The minimum Gasteiger partial charge on any atom is -0.300 e. The van der Waals surface area contributed by atoms with Gasteiger partial charge in [0.05, 0.1) is 0 Å². The number of hydrogen-bond donors (Lipinski definition) is 0. The van der Waals surface area contributed by atoms with Gasteiger partial charge in [-0.1, -0.05) is 26.0 Å². The van der Waals surface area contributed by atoms with Gasteiger partial charge in [-0.2, -0.15) is 0 Å². The van der Waals surface area contributed by atoms with Gasteiger partial charge in [0.15, 0.2) is 0 Å². The van der Waals surface area contributed by atoms with Crippen LogP contribution in [-0.2, 0) is 6.42 Å². The second kappa shape index (κ2) is 5.63. The first kappa shape index (κ1) is 12.6. The smallest absolute Gasteiger partial charge is 0.123 e. The maximum atomic E-state index is 13.1. The molecule has 1 aromatic carbocycles. The normalized spacial score (nSPS) is 15.8. The van der Waals surface area contributed by atoms with Crippen LogP contribution in [0.3, 0.4) is 0 Å². The zero-order chi connectivity index (χ0) is 12.3. The average molecular weight is 235 g/mol. The van der Waals surface area contributed by atoms with E-state index in [4.69, 9.17) is 0 Å². The summed E-state index contributed by atoms with van der Waals surface area (Å²) in [6, 6.07) is 7.78. The van der Waals surface area contributed by atoms with E-state index in [1.165, 1.54) is 25.5 Å². The van der Waals surface area contributed by atoms with Crippen molar-refractivity contribution >= 4 is 0 Å². The van der Waals surface area contributed by atoms with Gasteiger partial charge in [-0.25, -0.2) is 4.39 Å². The summed E-state index contributed by atoms with van der Waals surface area (Å²) in [6.07, 6.45) is 3.65. The second-order valence-corrected chi connectivity index (χ2v) is 5.50. The second-order valence-electron chi connectivity index (χ2n) is 5.50. The molecule has 2 heteroatoms. The fraction of sp³-hybridized carbons (Fsp3) is 0.600. The van der Waals surface area contributed by atoms with E-state index in [2.05, 4.69) is 18.7 Å². The highest BCUT2D eigenvalue weighted by atomic mass is 19.1. The molecule has 0 saturated heterocycles. The predicted octanol–water partition coefficient (Wildman–Crippen LogP) is 3.49. The van der Waals surface area contributed by atoms with Crippen LogP contribution in [0.4, 0.5) is 4.39 Å². The summed E-state index contributed by atoms with van der Waals surface area (Å²) in [5, 5.41) is 0. The van der Waals surface area contributed by atoms with Crippen LogP contribution in [0.1, 0.15) is 32.3 Å². The molecule has 0 atom stereocenters. The molecule has 1 nitrogen and oxygen atoms in total. The molecule has 0 heterocycles. The van der Waals surface area contributed by atoms with Crippen molar-refractivity contribution in [3.8, 4) is 0 Å². The molecule has 0 aliphatic heterocycles. The summed E-state index contributed by atoms with van der Waals surface area (Å²) in [4.78, 5) is 2.57. The van der Waals surface area contributed by atoms with Crippen molar-refractivity contribution in [1.82, 2.24) is 4.90 Å². The fourth-order valence-electron chi connectivity index (χ4n) is 2.30. The van der Waals surface area contributed by atoms with E-state index in [1.54, 1.807) is 12.1 Å². The van der Waals surface area contributed by atoms with E-state index in [0.29, 0.717) is 5.92 Å². The van der Waals surface area contributed by atoms with E-state index >= 15 is 0 Å². The average Bonchev–Trinajstić information content (AvgIpc) is 3.07. The zero-order valence-electron chi connectivity index (χ0n) is 10.8. The molecule has 1 aliphatic carbocycles. The molecular formula is C15H22FN. The number of halogens is 1. The first-order valence-electron chi connectivity index (χ1n) is 6.63. The molecule has 0 N–H and O–H groups in total. The highest BCUT2D eigenvalue weighted by Gasteiger charge is 2.28. The largest absolute Gasteiger partial charge is 0.300 e. The summed E-state index contributed by atoms with van der Waals surface area (Å²) in [6.45, 7) is 6.75. The van der Waals surface area contributed by atoms with Gasteiger partial charge in [-0.3, -0.25) is 4.90 Å². The fourth-order valence-corrected chi connectivity index (χ4v) is 2.30. The Balaban J connectivity index is 1.86. The van der Waals surface area contributed by atoms with Gasteiger partial charge in [0.2, 0.25) is 0 Å². The van der Waals surface area contributed by atoms with Crippen molar-refractivity contribution in [2.45, 2.75) is 39.2 Å². The minimum atomic E-state index is -0.121. The molecule has 1 saturated carbocycles. The third-order valence-corrected chi connectivity index (χ3v) is 3.24. The van der Waals surface area contributed by atoms with Crippen LogP contribution < -0.4 is 0 Å². The van der Waals surface area contributed by atoms with Crippen LogP contribution >= 0.6 is 0 Å². The van der Waals surface area contributed by atoms with E-state index in [1.807, 2.05) is 6.07 Å². The molecule has 0 unspecified atom stereocenters. The van der Waals surface area contributed by atoms with Gasteiger partial charge >= 0.3 is 0 Å². The van der Waals surface area contributed by atoms with Gasteiger partial charge in [-0.15, -0.1) is 0 Å². The Morgan fingerprint density at radius 1 is 1.35 bits per heavy atom. The Morgan fingerprint density at radius 2 is 2.12 bits per heavy atom. The number of hydrogen-bond acceptors (Lipinski definition) is 1. The summed E-state index contributed by atoms with van der Waals surface area (Å²) < 4.78 is 13.1. The molecule has 94 valence electrons. The predicted molar refractivity (Wildman–Crippen MR) is 69.5 cm³/mol. The van der Waals surface area contributed by atoms with Crippen LogP contribution in [0.15, 0.2) is 24.3 Å². The Morgan fingerprint density at radius 3 is 2.71 bits per heavy atom. The lowest BCUT2D eigenvalue weighted by molar-refractivity contribution is 0.237. The summed E-state index contributed by atoms with van der Waals surface area (Å²) in [5.41, 5.74) is 1.11. The van der Waals surface area contributed by atoms with Crippen molar-refractivity contribution in [1.29, 1.82) is 0 Å². The third kappa shape index (κ3) is 4.12. The van der Waals surface area contributed by atoms with Gasteiger partial charge in [0.25, 0.3) is 0 Å². The van der Waals surface area contributed by atoms with Crippen LogP contribution in [0.5, 0.6) is 0 Å². The summed E-state index contributed by atoms with van der Waals surface area (Å²) >= 11 is 0. The number of rotatable bonds is 6. The van der Waals surface area contributed by atoms with Gasteiger partial charge in [-0.05, 0) is 42.9 Å². The summed E-state index contributed by atoms with van der Waals surface area (Å²) in [5.74, 6) is 0.590. The Bertz CT molecular complexity index is 358. The number of benzene rings is 1. The molecule has 2 rings (SSSR count). The first-order chi connectivity index (χ1) is 8.15. The third-order valence-electron chi connectivity index (χ3n) is 3.24. The SMILES string of the molecule is CC(C)CN(CCc1cccc(F)c1)C1CC1. The molecule has 17 heavy (non-hydrogen) atoms. The zero-order valence-corrected chi connectivity index (χ0v) is 10.8. The lowest BCUT2D eigenvalue weighted by Gasteiger charge is -2.24. The first-order valence-corrected chi connectivity index (χ1v) is 6.63. The van der Waals surface area contributed by atoms with Crippen LogP contribution in [0.2, 0.25) is 0 Å². The lowest BCUT2D eigenvalue weighted by Crippen LogP contribution is -2.32. The van der Waals surface area contributed by atoms with Crippen molar-refractivity contribution in [2.75, 3.05) is 13.1 Å². The van der Waals surface area contributed by atoms with Crippen LogP contribution in [-0.4, -0.2) is 24.0 Å². The Kier molecular flexibility index (Phi) is 4.16. The van der Waals surface area contributed by atoms with Gasteiger partial charge < -0.3 is 0 Å². The molecular weight excluding hydrogens is 213 g/mol. The van der Waals surface area contributed by atoms with E-state index in [0.717, 1.165) is 24.6 Å². The molecule has 1 aliphatic rings. The molecule has 0 bridgehead atoms. The molecule has 1 aromatic rings. The monoisotopic (exact) mass is 235 g/mol. The van der Waals surface area contributed by atoms with Crippen LogP contribution in [0.25, 0.3) is 0 Å². The Labute approximate surface area is 104 Å². The molecule has 0 spiro atoms. The van der Waals surface area contributed by atoms with E-state index < -0.39 is 0 Å². The molecule has 0 radical (unpaired) electrons. The highest BCUT2D eigenvalue weighted by molar-refractivity contribution is 5.16. The maximum Gasteiger partial charge on any atom is 0.123 e. The van der Waals surface area contributed by atoms with Crippen molar-refractivity contribution in [3.05, 3.63) is 35.6 Å². The maximum absolute atomic E-state index is 13.1. The van der Waals surface area contributed by atoms with Crippen molar-refractivity contribution in [2.24, 2.45) is 5.92 Å². The lowest BCUT2D eigenvalue weighted by atomic mass is 10.1. The van der Waals surface area contributed by atoms with E-state index in [-0.39, 0.29) is 5.82 Å². The standard InChI is InChI=1S/C15H22FN/c1-12(2)11-17(15-6-7-15)9-8-13-4-3-5-14(16)10-13/h3-5,10,12,15H,6-9,11H2,1-2H3. The van der Waals surface area contributed by atoms with Crippen molar-refractivity contribution in [3.63, 3.8) is 0 Å². The topological polar surface area (TPSA) is 3.24 Å². The van der Waals surface area contributed by atoms with E-state index in [9.17, 15) is 4.39 Å². The highest BCUT2D eigenvalue weighted by Crippen LogP contribution is 2.27. The quantitative estimate of drug-likeness (QED) is 0.729. The Hall–Kier alpha value is -0.890. The summed E-state index contributed by atoms with van der Waals surface area (Å²) in [7, 11) is 0. The van der Waals surface area contributed by atoms with Gasteiger partial charge in [0, 0.05) is 19.1 Å². The molecule has 0 aromatic heterocycles. The van der Waals surface area contributed by atoms with Crippen LogP contribution in [0, 0.1) is 11.7 Å². The van der Waals surface area contributed by atoms with Gasteiger partial charge in [0.1, 0.15) is 5.82 Å².